The van der Waals surface area contributed by atoms with Crippen molar-refractivity contribution in [2.24, 2.45) is 11.8 Å². The number of carboxylic acid groups (broad SMARTS) is 1. The topological polar surface area (TPSA) is 106 Å². The predicted octanol–water partition coefficient (Wildman–Crippen LogP) is 4.96. The zero-order chi connectivity index (χ0) is 25.2. The minimum atomic E-state index is -3.98. The molecule has 8 nitrogen and oxygen atoms in total. The van der Waals surface area contributed by atoms with Crippen LogP contribution in [0.25, 0.3) is 0 Å². The van der Waals surface area contributed by atoms with Crippen molar-refractivity contribution in [1.82, 2.24) is 4.31 Å². The van der Waals surface area contributed by atoms with Crippen LogP contribution >= 0.6 is 0 Å². The third-order valence-electron chi connectivity index (χ3n) is 5.77. The normalized spacial score (nSPS) is 18.3. The average Bonchev–Trinajstić information content (AvgIpc) is 3.21. The maximum Gasteiger partial charge on any atom is 0.335 e. The fraction of sp³-hybridized carbons (Fsp3) is 0.400. The monoisotopic (exact) mass is 489 g/mol. The van der Waals surface area contributed by atoms with E-state index in [-0.39, 0.29) is 29.1 Å². The van der Waals surface area contributed by atoms with Crippen molar-refractivity contribution in [1.29, 1.82) is 0 Å². The molecule has 0 amide bonds. The number of nitrogens with zero attached hydrogens (tertiary/aromatic N) is 1. The number of ether oxygens (including phenoxy) is 2. The second kappa shape index (κ2) is 9.97. The first kappa shape index (κ1) is 25.4. The van der Waals surface area contributed by atoms with E-state index in [2.05, 4.69) is 0 Å². The molecule has 0 bridgehead atoms. The summed E-state index contributed by atoms with van der Waals surface area (Å²) in [7, 11) is -2.52. The second-order valence-electron chi connectivity index (χ2n) is 8.68. The van der Waals surface area contributed by atoms with Gasteiger partial charge in [-0.2, -0.15) is 8.42 Å². The van der Waals surface area contributed by atoms with Crippen LogP contribution in [0.4, 0.5) is 0 Å². The summed E-state index contributed by atoms with van der Waals surface area (Å²) < 4.78 is 45.3. The summed E-state index contributed by atoms with van der Waals surface area (Å²) in [5.74, 6) is 0.461. The summed E-state index contributed by atoms with van der Waals surface area (Å²) >= 11 is 0. The molecule has 1 aromatic carbocycles. The predicted molar refractivity (Wildman–Crippen MR) is 127 cm³/mol. The molecular weight excluding hydrogens is 458 g/mol. The first-order valence-electron chi connectivity index (χ1n) is 11.0. The van der Waals surface area contributed by atoms with Crippen LogP contribution in [0.5, 0.6) is 5.75 Å². The summed E-state index contributed by atoms with van der Waals surface area (Å²) in [5, 5.41) is 9.10. The third kappa shape index (κ3) is 5.14. The van der Waals surface area contributed by atoms with Crippen molar-refractivity contribution in [3.8, 4) is 5.75 Å². The van der Waals surface area contributed by atoms with E-state index in [0.717, 1.165) is 0 Å². The lowest BCUT2D eigenvalue weighted by molar-refractivity contribution is 0.0696. The molecule has 0 fully saturated rings. The van der Waals surface area contributed by atoms with Gasteiger partial charge in [-0.25, -0.2) is 4.79 Å². The number of aryl methyl sites for hydroxylation is 1. The van der Waals surface area contributed by atoms with Crippen LogP contribution in [0.2, 0.25) is 0 Å². The van der Waals surface area contributed by atoms with Gasteiger partial charge in [0.2, 0.25) is 5.09 Å². The van der Waals surface area contributed by atoms with E-state index >= 15 is 0 Å². The fourth-order valence-electron chi connectivity index (χ4n) is 3.75. The highest BCUT2D eigenvalue weighted by molar-refractivity contribution is 7.89. The Morgan fingerprint density at radius 1 is 1.15 bits per heavy atom. The molecule has 34 heavy (non-hydrogen) atoms. The van der Waals surface area contributed by atoms with Gasteiger partial charge in [-0.15, -0.1) is 0 Å². The van der Waals surface area contributed by atoms with E-state index in [1.54, 1.807) is 32.9 Å². The summed E-state index contributed by atoms with van der Waals surface area (Å²) in [5.41, 5.74) is 1.18. The largest absolute Gasteiger partial charge is 0.496 e. The molecule has 1 heterocycles. The van der Waals surface area contributed by atoms with Crippen molar-refractivity contribution in [3.05, 3.63) is 70.8 Å². The molecule has 0 aliphatic heterocycles. The van der Waals surface area contributed by atoms with Gasteiger partial charge in [0, 0.05) is 11.6 Å². The van der Waals surface area contributed by atoms with E-state index in [1.807, 2.05) is 26.0 Å². The molecule has 0 saturated carbocycles. The van der Waals surface area contributed by atoms with E-state index < -0.39 is 22.0 Å². The Bertz CT molecular complexity index is 1220. The van der Waals surface area contributed by atoms with E-state index in [4.69, 9.17) is 13.9 Å². The fourth-order valence-corrected chi connectivity index (χ4v) is 5.38. The molecule has 3 rings (SSSR count). The maximum absolute atomic E-state index is 13.5. The zero-order valence-corrected chi connectivity index (χ0v) is 21.0. The second-order valence-corrected chi connectivity index (χ2v) is 10.4. The molecular formula is C25H31NO7S. The molecule has 184 valence electrons. The van der Waals surface area contributed by atoms with Gasteiger partial charge in [0.05, 0.1) is 18.4 Å². The van der Waals surface area contributed by atoms with E-state index in [0.29, 0.717) is 28.5 Å². The molecule has 0 spiro atoms. The molecule has 2 aromatic rings. The molecule has 1 aromatic heterocycles. The first-order chi connectivity index (χ1) is 15.9. The molecule has 0 radical (unpaired) electrons. The van der Waals surface area contributed by atoms with Crippen LogP contribution in [0.1, 0.15) is 49.4 Å². The van der Waals surface area contributed by atoms with Gasteiger partial charge in [-0.05, 0) is 62.9 Å². The summed E-state index contributed by atoms with van der Waals surface area (Å²) in [6.07, 6.45) is 3.81. The Balaban J connectivity index is 1.97. The summed E-state index contributed by atoms with van der Waals surface area (Å²) in [6, 6.07) is 7.20. The molecule has 2 unspecified atom stereocenters. The number of aromatic carboxylic acids is 1. The van der Waals surface area contributed by atoms with Gasteiger partial charge in [0.25, 0.3) is 10.0 Å². The minimum absolute atomic E-state index is 0.0686. The first-order valence-corrected chi connectivity index (χ1v) is 12.5. The smallest absolute Gasteiger partial charge is 0.335 e. The highest BCUT2D eigenvalue weighted by atomic mass is 32.2. The number of methoxy groups -OCH3 is 1. The summed E-state index contributed by atoms with van der Waals surface area (Å²) in [6.45, 7) is 9.41. The lowest BCUT2D eigenvalue weighted by Gasteiger charge is -2.34. The lowest BCUT2D eigenvalue weighted by Crippen LogP contribution is -2.38. The van der Waals surface area contributed by atoms with Gasteiger partial charge in [-0.1, -0.05) is 26.0 Å². The van der Waals surface area contributed by atoms with Crippen LogP contribution in [-0.2, 0) is 21.4 Å². The zero-order valence-electron chi connectivity index (χ0n) is 20.2. The lowest BCUT2D eigenvalue weighted by atomic mass is 9.89. The molecule has 1 N–H and O–H groups in total. The van der Waals surface area contributed by atoms with E-state index in [9.17, 15) is 18.3 Å². The number of benzene rings is 1. The Morgan fingerprint density at radius 2 is 1.82 bits per heavy atom. The molecule has 0 saturated heterocycles. The Kier molecular flexibility index (Phi) is 7.45. The number of allylic oxidation sites excluding steroid dienone is 2. The van der Waals surface area contributed by atoms with Gasteiger partial charge < -0.3 is 19.0 Å². The van der Waals surface area contributed by atoms with Crippen molar-refractivity contribution in [2.75, 3.05) is 7.11 Å². The molecule has 9 heteroatoms. The minimum Gasteiger partial charge on any atom is -0.496 e. The molecule has 2 atom stereocenters. The number of hydrogen-bond donors (Lipinski definition) is 1. The average molecular weight is 490 g/mol. The number of rotatable bonds is 9. The van der Waals surface area contributed by atoms with Crippen LogP contribution in [0.3, 0.4) is 0 Å². The number of carboxylic acids is 1. The Labute approximate surface area is 200 Å². The quantitative estimate of drug-likeness (QED) is 0.530. The molecule has 1 aliphatic carbocycles. The van der Waals surface area contributed by atoms with Gasteiger partial charge in [0.1, 0.15) is 23.9 Å². The maximum atomic E-state index is 13.5. The Morgan fingerprint density at radius 3 is 2.38 bits per heavy atom. The van der Waals surface area contributed by atoms with Crippen molar-refractivity contribution >= 4 is 16.0 Å². The SMILES string of the molecule is COc1cc(C(=O)O)ccc1COC1=CC(C)C(C)C=C1N(C(C)C)S(=O)(=O)c1ccc(C)o1. The van der Waals surface area contributed by atoms with Crippen LogP contribution < -0.4 is 4.74 Å². The van der Waals surface area contributed by atoms with Gasteiger partial charge in [0.15, 0.2) is 0 Å². The highest BCUT2D eigenvalue weighted by Crippen LogP contribution is 2.36. The summed E-state index contributed by atoms with van der Waals surface area (Å²) in [4.78, 5) is 11.3. The number of carbonyl (C=O) groups is 1. The molecule has 1 aliphatic rings. The number of sulfonamides is 1. The standard InChI is InChI=1S/C25H31NO7S/c1-15(2)26(34(29,30)24-10-7-18(5)33-24)21-11-16(3)17(4)12-23(21)32-14-20-9-8-19(25(27)28)13-22(20)31-6/h7-13,15-17H,14H2,1-6H3,(H,27,28). The van der Waals surface area contributed by atoms with Crippen molar-refractivity contribution in [3.63, 3.8) is 0 Å². The third-order valence-corrected chi connectivity index (χ3v) is 7.63. The van der Waals surface area contributed by atoms with Crippen LogP contribution in [0.15, 0.2) is 63.4 Å². The van der Waals surface area contributed by atoms with E-state index in [1.165, 1.54) is 29.6 Å². The van der Waals surface area contributed by atoms with Crippen LogP contribution in [0, 0.1) is 18.8 Å². The number of furan rings is 1. The van der Waals surface area contributed by atoms with Crippen molar-refractivity contribution in [2.45, 2.75) is 52.4 Å². The van der Waals surface area contributed by atoms with Gasteiger partial charge in [-0.3, -0.25) is 4.31 Å². The highest BCUT2D eigenvalue weighted by Gasteiger charge is 2.36. The van der Waals surface area contributed by atoms with Crippen molar-refractivity contribution < 1.29 is 32.2 Å². The number of hydrogen-bond acceptors (Lipinski definition) is 6. The Hall–Kier alpha value is -3.20. The van der Waals surface area contributed by atoms with Crippen LogP contribution in [-0.4, -0.2) is 37.0 Å². The van der Waals surface area contributed by atoms with Gasteiger partial charge >= 0.3 is 5.97 Å².